The molecule has 0 amide bonds. The summed E-state index contributed by atoms with van der Waals surface area (Å²) in [4.78, 5) is 21.2. The Morgan fingerprint density at radius 2 is 1.82 bits per heavy atom. The molecule has 0 heterocycles. The maximum Gasteiger partial charge on any atom is 0.373 e. The van der Waals surface area contributed by atoms with Crippen LogP contribution in [0.1, 0.15) is 36.7 Å². The van der Waals surface area contributed by atoms with Crippen molar-refractivity contribution in [3.05, 3.63) is 35.4 Å². The first-order chi connectivity index (χ1) is 7.92. The molecular formula is C13H18O4. The summed E-state index contributed by atoms with van der Waals surface area (Å²) < 4.78 is 0. The molecule has 1 N–H and O–H groups in total. The van der Waals surface area contributed by atoms with E-state index in [0.717, 1.165) is 5.56 Å². The lowest BCUT2D eigenvalue weighted by molar-refractivity contribution is -0.301. The van der Waals surface area contributed by atoms with Gasteiger partial charge in [-0.25, -0.2) is 4.79 Å². The average Bonchev–Trinajstić information content (AvgIpc) is 2.26. The molecule has 1 rings (SSSR count). The summed E-state index contributed by atoms with van der Waals surface area (Å²) in [5.41, 5.74) is 0.878. The molecule has 0 radical (unpaired) electrons. The highest BCUT2D eigenvalue weighted by molar-refractivity contribution is 5.88. The van der Waals surface area contributed by atoms with Gasteiger partial charge in [0.1, 0.15) is 5.60 Å². The van der Waals surface area contributed by atoms with E-state index in [-0.39, 0.29) is 6.61 Å². The molecule has 0 spiro atoms. The van der Waals surface area contributed by atoms with Crippen LogP contribution in [-0.4, -0.2) is 23.3 Å². The maximum absolute atomic E-state index is 11.6. The van der Waals surface area contributed by atoms with Gasteiger partial charge in [0.25, 0.3) is 0 Å². The quantitative estimate of drug-likeness (QED) is 0.644. The summed E-state index contributed by atoms with van der Waals surface area (Å²) >= 11 is 0. The van der Waals surface area contributed by atoms with Crippen molar-refractivity contribution in [2.45, 2.75) is 32.8 Å². The van der Waals surface area contributed by atoms with Crippen molar-refractivity contribution in [3.63, 3.8) is 0 Å². The zero-order valence-electron chi connectivity index (χ0n) is 10.4. The van der Waals surface area contributed by atoms with Crippen molar-refractivity contribution in [2.24, 2.45) is 0 Å². The average molecular weight is 238 g/mol. The van der Waals surface area contributed by atoms with E-state index in [9.17, 15) is 4.79 Å². The number of hydrogen-bond donors (Lipinski definition) is 1. The maximum atomic E-state index is 11.6. The van der Waals surface area contributed by atoms with Gasteiger partial charge in [-0.2, -0.15) is 4.89 Å². The molecule has 0 unspecified atom stereocenters. The molecule has 4 nitrogen and oxygen atoms in total. The Bertz CT molecular complexity index is 362. The number of carbonyl (C=O) groups excluding carboxylic acids is 1. The number of carbonyl (C=O) groups is 1. The molecular weight excluding hydrogens is 220 g/mol. The van der Waals surface area contributed by atoms with E-state index >= 15 is 0 Å². The van der Waals surface area contributed by atoms with Gasteiger partial charge in [-0.1, -0.05) is 12.1 Å². The standard InChI is InChI=1S/C13H18O4/c1-13(2,3)17-16-12(15)11-6-4-10(5-7-11)8-9-14/h4-7,14H,8-9H2,1-3H3. The van der Waals surface area contributed by atoms with Crippen LogP contribution < -0.4 is 0 Å². The third-order valence-corrected chi connectivity index (χ3v) is 1.96. The highest BCUT2D eigenvalue weighted by Crippen LogP contribution is 2.11. The van der Waals surface area contributed by atoms with E-state index in [0.29, 0.717) is 12.0 Å². The second kappa shape index (κ2) is 5.80. The highest BCUT2D eigenvalue weighted by Gasteiger charge is 2.16. The third kappa shape index (κ3) is 4.97. The Morgan fingerprint density at radius 1 is 1.24 bits per heavy atom. The largest absolute Gasteiger partial charge is 0.396 e. The number of aliphatic hydroxyl groups is 1. The summed E-state index contributed by atoms with van der Waals surface area (Å²) in [6, 6.07) is 6.87. The smallest absolute Gasteiger partial charge is 0.373 e. The fourth-order valence-electron chi connectivity index (χ4n) is 1.15. The molecule has 0 bridgehead atoms. The summed E-state index contributed by atoms with van der Waals surface area (Å²) in [7, 11) is 0. The predicted octanol–water partition coefficient (Wildman–Crippen LogP) is 2.11. The Morgan fingerprint density at radius 3 is 2.29 bits per heavy atom. The van der Waals surface area contributed by atoms with Crippen LogP contribution in [0.4, 0.5) is 0 Å². The Kier molecular flexibility index (Phi) is 4.66. The lowest BCUT2D eigenvalue weighted by Crippen LogP contribution is -2.21. The van der Waals surface area contributed by atoms with Crippen molar-refractivity contribution < 1.29 is 19.7 Å². The van der Waals surface area contributed by atoms with Crippen LogP contribution in [-0.2, 0) is 16.2 Å². The van der Waals surface area contributed by atoms with E-state index < -0.39 is 11.6 Å². The van der Waals surface area contributed by atoms with Crippen LogP contribution in [0.25, 0.3) is 0 Å². The van der Waals surface area contributed by atoms with Gasteiger partial charge in [0.15, 0.2) is 0 Å². The minimum Gasteiger partial charge on any atom is -0.396 e. The fourth-order valence-corrected chi connectivity index (χ4v) is 1.15. The van der Waals surface area contributed by atoms with Crippen LogP contribution in [0.5, 0.6) is 0 Å². The van der Waals surface area contributed by atoms with Crippen molar-refractivity contribution in [1.29, 1.82) is 0 Å². The Hall–Kier alpha value is -1.39. The van der Waals surface area contributed by atoms with Gasteiger partial charge in [0.05, 0.1) is 5.56 Å². The lowest BCUT2D eigenvalue weighted by atomic mass is 10.1. The first-order valence-corrected chi connectivity index (χ1v) is 5.52. The van der Waals surface area contributed by atoms with Crippen molar-refractivity contribution in [3.8, 4) is 0 Å². The molecule has 0 fully saturated rings. The molecule has 94 valence electrons. The van der Waals surface area contributed by atoms with E-state index in [1.54, 1.807) is 45.0 Å². The summed E-state index contributed by atoms with van der Waals surface area (Å²) in [6.07, 6.45) is 0.577. The fraction of sp³-hybridized carbons (Fsp3) is 0.462. The molecule has 0 aromatic heterocycles. The SMILES string of the molecule is CC(C)(C)OOC(=O)c1ccc(CCO)cc1. The van der Waals surface area contributed by atoms with Crippen molar-refractivity contribution in [2.75, 3.05) is 6.61 Å². The van der Waals surface area contributed by atoms with Crippen LogP contribution in [0.3, 0.4) is 0 Å². The lowest BCUT2D eigenvalue weighted by Gasteiger charge is -2.16. The topological polar surface area (TPSA) is 55.8 Å². The van der Waals surface area contributed by atoms with E-state index in [1.807, 2.05) is 0 Å². The highest BCUT2D eigenvalue weighted by atomic mass is 17.2. The van der Waals surface area contributed by atoms with E-state index in [1.165, 1.54) is 0 Å². The third-order valence-electron chi connectivity index (χ3n) is 1.96. The van der Waals surface area contributed by atoms with Gasteiger partial charge in [-0.15, -0.1) is 0 Å². The van der Waals surface area contributed by atoms with Crippen LogP contribution in [0.2, 0.25) is 0 Å². The van der Waals surface area contributed by atoms with Gasteiger partial charge >= 0.3 is 5.97 Å². The summed E-state index contributed by atoms with van der Waals surface area (Å²) in [5, 5.41) is 8.76. The monoisotopic (exact) mass is 238 g/mol. The molecule has 0 aliphatic rings. The van der Waals surface area contributed by atoms with Crippen LogP contribution in [0.15, 0.2) is 24.3 Å². The van der Waals surface area contributed by atoms with E-state index in [2.05, 4.69) is 0 Å². The zero-order chi connectivity index (χ0) is 12.9. The molecule has 1 aromatic carbocycles. The number of rotatable bonds is 4. The number of hydrogen-bond acceptors (Lipinski definition) is 4. The normalized spacial score (nSPS) is 11.3. The number of aliphatic hydroxyl groups excluding tert-OH is 1. The molecule has 17 heavy (non-hydrogen) atoms. The van der Waals surface area contributed by atoms with Crippen LogP contribution in [0, 0.1) is 0 Å². The summed E-state index contributed by atoms with van der Waals surface area (Å²) in [5.74, 6) is -0.518. The minimum absolute atomic E-state index is 0.0942. The predicted molar refractivity (Wildman–Crippen MR) is 63.5 cm³/mol. The second-order valence-electron chi connectivity index (χ2n) is 4.74. The van der Waals surface area contributed by atoms with Crippen LogP contribution >= 0.6 is 0 Å². The zero-order valence-corrected chi connectivity index (χ0v) is 10.4. The molecule has 0 atom stereocenters. The van der Waals surface area contributed by atoms with Gasteiger partial charge in [-0.3, -0.25) is 4.89 Å². The second-order valence-corrected chi connectivity index (χ2v) is 4.74. The molecule has 0 aliphatic carbocycles. The molecule has 4 heteroatoms. The molecule has 0 saturated carbocycles. The van der Waals surface area contributed by atoms with E-state index in [4.69, 9.17) is 14.9 Å². The molecule has 0 aliphatic heterocycles. The van der Waals surface area contributed by atoms with Gasteiger partial charge in [0, 0.05) is 6.61 Å². The minimum atomic E-state index is -0.521. The summed E-state index contributed by atoms with van der Waals surface area (Å²) in [6.45, 7) is 5.48. The van der Waals surface area contributed by atoms with Gasteiger partial charge < -0.3 is 5.11 Å². The first kappa shape index (κ1) is 13.7. The van der Waals surface area contributed by atoms with Gasteiger partial charge in [-0.05, 0) is 44.9 Å². The molecule has 1 aromatic rings. The first-order valence-electron chi connectivity index (χ1n) is 5.52. The van der Waals surface area contributed by atoms with Gasteiger partial charge in [0.2, 0.25) is 0 Å². The Labute approximate surface area is 101 Å². The number of benzene rings is 1. The Balaban J connectivity index is 2.57. The van der Waals surface area contributed by atoms with Crippen molar-refractivity contribution >= 4 is 5.97 Å². The molecule has 0 saturated heterocycles. The van der Waals surface area contributed by atoms with Crippen molar-refractivity contribution in [1.82, 2.24) is 0 Å².